The van der Waals surface area contributed by atoms with Crippen LogP contribution in [0, 0.1) is 0 Å². The Labute approximate surface area is 72.4 Å². The average Bonchev–Trinajstić information content (AvgIpc) is 2.06. The van der Waals surface area contributed by atoms with E-state index in [1.807, 2.05) is 18.2 Å². The fraction of sp³-hybridized carbons (Fsp3) is 0.556. The van der Waals surface area contributed by atoms with Gasteiger partial charge in [0.05, 0.1) is 12.8 Å². The molecule has 1 aliphatic carbocycles. The molecule has 0 spiro atoms. The van der Waals surface area contributed by atoms with Gasteiger partial charge in [-0.25, -0.2) is 0 Å². The van der Waals surface area contributed by atoms with Crippen LogP contribution in [0.15, 0.2) is 23.8 Å². The molecule has 1 rings (SSSR count). The van der Waals surface area contributed by atoms with E-state index in [4.69, 9.17) is 5.11 Å². The molecule has 3 heteroatoms. The van der Waals surface area contributed by atoms with Crippen LogP contribution in [0.1, 0.15) is 13.3 Å². The molecular weight excluding hydrogens is 154 g/mol. The highest BCUT2D eigenvalue weighted by Crippen LogP contribution is 2.13. The maximum absolute atomic E-state index is 9.20. The molecule has 0 saturated heterocycles. The molecule has 0 amide bonds. The van der Waals surface area contributed by atoms with E-state index in [9.17, 15) is 5.11 Å². The van der Waals surface area contributed by atoms with E-state index < -0.39 is 6.10 Å². The second-order valence-corrected chi connectivity index (χ2v) is 2.94. The zero-order chi connectivity index (χ0) is 8.97. The summed E-state index contributed by atoms with van der Waals surface area (Å²) in [6.45, 7) is 1.74. The Morgan fingerprint density at radius 2 is 2.50 bits per heavy atom. The minimum absolute atomic E-state index is 0.00708. The third-order valence-electron chi connectivity index (χ3n) is 1.96. The smallest absolute Gasteiger partial charge is 0.0936 e. The van der Waals surface area contributed by atoms with Gasteiger partial charge in [0.15, 0.2) is 0 Å². The fourth-order valence-electron chi connectivity index (χ4n) is 1.22. The minimum atomic E-state index is -0.392. The van der Waals surface area contributed by atoms with Crippen LogP contribution in [0.2, 0.25) is 0 Å². The Morgan fingerprint density at radius 3 is 2.92 bits per heavy atom. The Kier molecular flexibility index (Phi) is 3.47. The first-order chi connectivity index (χ1) is 5.74. The molecule has 12 heavy (non-hydrogen) atoms. The molecule has 0 aromatic rings. The molecular formula is C9H15NO2. The lowest BCUT2D eigenvalue weighted by atomic mass is 10.00. The van der Waals surface area contributed by atoms with E-state index in [-0.39, 0.29) is 12.8 Å². The van der Waals surface area contributed by atoms with E-state index in [1.54, 1.807) is 6.92 Å². The van der Waals surface area contributed by atoms with Crippen molar-refractivity contribution in [1.29, 1.82) is 0 Å². The van der Waals surface area contributed by atoms with Gasteiger partial charge in [0.25, 0.3) is 0 Å². The van der Waals surface area contributed by atoms with Gasteiger partial charge in [0.2, 0.25) is 0 Å². The Hall–Kier alpha value is -0.640. The van der Waals surface area contributed by atoms with Gasteiger partial charge in [0.1, 0.15) is 0 Å². The summed E-state index contributed by atoms with van der Waals surface area (Å²) in [5.41, 5.74) is 0.950. The first kappa shape index (κ1) is 9.45. The second kappa shape index (κ2) is 4.40. The Bertz CT molecular complexity index is 197. The molecule has 0 aromatic carbocycles. The van der Waals surface area contributed by atoms with Crippen molar-refractivity contribution in [3.05, 3.63) is 23.8 Å². The standard InChI is InChI=1S/C9H15NO2/c1-7(12)8-2-4-9(5-3-8)10-6-11/h2-4,7,9-12H,5-6H2,1H3/t7?,9-/m1/s1. The van der Waals surface area contributed by atoms with Crippen LogP contribution in [-0.2, 0) is 0 Å². The molecule has 0 aliphatic heterocycles. The summed E-state index contributed by atoms with van der Waals surface area (Å²) in [6.07, 6.45) is 6.27. The summed E-state index contributed by atoms with van der Waals surface area (Å²) in [4.78, 5) is 0. The van der Waals surface area contributed by atoms with Crippen molar-refractivity contribution in [1.82, 2.24) is 5.32 Å². The number of nitrogens with one attached hydrogen (secondary N) is 1. The first-order valence-corrected chi connectivity index (χ1v) is 4.14. The monoisotopic (exact) mass is 169 g/mol. The summed E-state index contributed by atoms with van der Waals surface area (Å²) < 4.78 is 0. The zero-order valence-electron chi connectivity index (χ0n) is 7.20. The van der Waals surface area contributed by atoms with Gasteiger partial charge in [0, 0.05) is 6.04 Å². The summed E-state index contributed by atoms with van der Waals surface area (Å²) in [5.74, 6) is 0. The van der Waals surface area contributed by atoms with Gasteiger partial charge in [-0.3, -0.25) is 5.32 Å². The van der Waals surface area contributed by atoms with E-state index in [1.165, 1.54) is 0 Å². The lowest BCUT2D eigenvalue weighted by molar-refractivity contribution is 0.232. The van der Waals surface area contributed by atoms with Crippen molar-refractivity contribution in [3.8, 4) is 0 Å². The van der Waals surface area contributed by atoms with Crippen LogP contribution in [0.3, 0.4) is 0 Å². The predicted molar refractivity (Wildman–Crippen MR) is 47.5 cm³/mol. The van der Waals surface area contributed by atoms with E-state index in [0.29, 0.717) is 0 Å². The highest BCUT2D eigenvalue weighted by Gasteiger charge is 2.09. The van der Waals surface area contributed by atoms with Crippen LogP contribution in [0.4, 0.5) is 0 Å². The minimum Gasteiger partial charge on any atom is -0.389 e. The average molecular weight is 169 g/mol. The molecule has 1 unspecified atom stereocenters. The van der Waals surface area contributed by atoms with Crippen molar-refractivity contribution in [2.24, 2.45) is 0 Å². The van der Waals surface area contributed by atoms with E-state index >= 15 is 0 Å². The highest BCUT2D eigenvalue weighted by molar-refractivity contribution is 5.27. The summed E-state index contributed by atoms with van der Waals surface area (Å²) in [6, 6.07) is 0.206. The quantitative estimate of drug-likeness (QED) is 0.527. The molecule has 2 atom stereocenters. The molecule has 0 heterocycles. The third kappa shape index (κ3) is 2.44. The summed E-state index contributed by atoms with van der Waals surface area (Å²) in [7, 11) is 0. The van der Waals surface area contributed by atoms with Crippen molar-refractivity contribution in [3.63, 3.8) is 0 Å². The largest absolute Gasteiger partial charge is 0.389 e. The maximum Gasteiger partial charge on any atom is 0.0936 e. The predicted octanol–water partition coefficient (Wildman–Crippen LogP) is 0.161. The molecule has 3 nitrogen and oxygen atoms in total. The lowest BCUT2D eigenvalue weighted by Crippen LogP contribution is -2.29. The molecule has 0 fully saturated rings. The number of aliphatic hydroxyl groups excluding tert-OH is 2. The number of hydrogen-bond donors (Lipinski definition) is 3. The van der Waals surface area contributed by atoms with Crippen LogP contribution in [0.5, 0.6) is 0 Å². The molecule has 0 radical (unpaired) electrons. The van der Waals surface area contributed by atoms with Crippen molar-refractivity contribution >= 4 is 0 Å². The highest BCUT2D eigenvalue weighted by atomic mass is 16.3. The normalized spacial score (nSPS) is 25.2. The van der Waals surface area contributed by atoms with Gasteiger partial charge in [-0.1, -0.05) is 18.2 Å². The van der Waals surface area contributed by atoms with Gasteiger partial charge in [-0.2, -0.15) is 0 Å². The SMILES string of the molecule is CC(O)C1=CC[C@H](NCO)C=C1. The Morgan fingerprint density at radius 1 is 1.75 bits per heavy atom. The summed E-state index contributed by atoms with van der Waals surface area (Å²) in [5, 5.41) is 20.7. The lowest BCUT2D eigenvalue weighted by Gasteiger charge is -2.17. The van der Waals surface area contributed by atoms with Gasteiger partial charge in [-0.15, -0.1) is 0 Å². The molecule has 3 N–H and O–H groups in total. The van der Waals surface area contributed by atoms with Gasteiger partial charge < -0.3 is 10.2 Å². The van der Waals surface area contributed by atoms with Gasteiger partial charge in [-0.05, 0) is 18.9 Å². The first-order valence-electron chi connectivity index (χ1n) is 4.14. The van der Waals surface area contributed by atoms with Crippen LogP contribution in [-0.4, -0.2) is 29.1 Å². The topological polar surface area (TPSA) is 52.5 Å². The molecule has 68 valence electrons. The second-order valence-electron chi connectivity index (χ2n) is 2.94. The molecule has 1 aliphatic rings. The summed E-state index contributed by atoms with van der Waals surface area (Å²) >= 11 is 0. The number of hydrogen-bond acceptors (Lipinski definition) is 3. The van der Waals surface area contributed by atoms with Gasteiger partial charge >= 0.3 is 0 Å². The Balaban J connectivity index is 2.44. The molecule has 0 saturated carbocycles. The number of rotatable bonds is 3. The number of aliphatic hydroxyl groups is 2. The van der Waals surface area contributed by atoms with E-state index in [2.05, 4.69) is 5.32 Å². The van der Waals surface area contributed by atoms with Crippen LogP contribution in [0.25, 0.3) is 0 Å². The fourth-order valence-corrected chi connectivity index (χ4v) is 1.22. The van der Waals surface area contributed by atoms with Crippen molar-refractivity contribution in [2.75, 3.05) is 6.73 Å². The third-order valence-corrected chi connectivity index (χ3v) is 1.96. The van der Waals surface area contributed by atoms with Crippen LogP contribution < -0.4 is 5.32 Å². The maximum atomic E-state index is 9.20. The zero-order valence-corrected chi connectivity index (χ0v) is 7.20. The molecule has 0 aromatic heterocycles. The van der Waals surface area contributed by atoms with Crippen LogP contribution >= 0.6 is 0 Å². The van der Waals surface area contributed by atoms with Crippen molar-refractivity contribution in [2.45, 2.75) is 25.5 Å². The molecule has 0 bridgehead atoms. The van der Waals surface area contributed by atoms with E-state index in [0.717, 1.165) is 12.0 Å². The van der Waals surface area contributed by atoms with Crippen molar-refractivity contribution < 1.29 is 10.2 Å².